The van der Waals surface area contributed by atoms with E-state index in [0.29, 0.717) is 42.2 Å². The zero-order valence-electron chi connectivity index (χ0n) is 28.3. The monoisotopic (exact) mass is 630 g/mol. The normalized spacial score (nSPS) is 14.7. The van der Waals surface area contributed by atoms with Gasteiger partial charge in [0.1, 0.15) is 23.2 Å². The Kier molecular flexibility index (Phi) is 10.2. The number of amides is 3. The summed E-state index contributed by atoms with van der Waals surface area (Å²) in [5.41, 5.74) is 2.26. The highest BCUT2D eigenvalue weighted by molar-refractivity contribution is 5.92. The molecule has 0 radical (unpaired) electrons. The summed E-state index contributed by atoms with van der Waals surface area (Å²) in [4.78, 5) is 48.1. The quantitative estimate of drug-likeness (QED) is 0.220. The molecule has 1 N–H and O–H groups in total. The van der Waals surface area contributed by atoms with Crippen molar-refractivity contribution in [3.8, 4) is 0 Å². The largest absolute Gasteiger partial charge is 0.444 e. The number of fused-ring (bicyclic) bond motifs is 1. The number of ether oxygens (including phenoxy) is 2. The fraction of sp³-hybridized carbons (Fsp3) is 0.457. The van der Waals surface area contributed by atoms with Crippen molar-refractivity contribution in [2.45, 2.75) is 92.0 Å². The van der Waals surface area contributed by atoms with Gasteiger partial charge in [0.05, 0.1) is 11.9 Å². The summed E-state index contributed by atoms with van der Waals surface area (Å²) < 4.78 is 13.1. The molecule has 0 aliphatic carbocycles. The molecule has 0 fully saturated rings. The van der Waals surface area contributed by atoms with Crippen LogP contribution in [0.5, 0.6) is 0 Å². The molecule has 1 aliphatic rings. The molecule has 4 rings (SSSR count). The summed E-state index contributed by atoms with van der Waals surface area (Å²) >= 11 is 0. The van der Waals surface area contributed by atoms with Crippen LogP contribution >= 0.6 is 0 Å². The van der Waals surface area contributed by atoms with E-state index < -0.39 is 23.5 Å². The molecular formula is C35H46N6O5. The number of carbonyl (C=O) groups is 3. The standard InChI is InChI=1S/C35H46N6O5/c1-10-14-28(42)38-30(25-15-12-11-13-16-25)40(33(44)46-35(7,8)9)29-21-27(37-31-26(23(2)3)22-36-41(29)31)24-17-19-39(20-18-24)32(43)45-34(4,5)6/h10-17,21-23,30H,18-20H2,1-9H3,(H,38,42). The second-order valence-corrected chi connectivity index (χ2v) is 13.6. The van der Waals surface area contributed by atoms with Crippen LogP contribution in [0.1, 0.15) is 97.6 Å². The minimum atomic E-state index is -0.951. The Hall–Kier alpha value is -4.67. The molecule has 0 saturated heterocycles. The first-order chi connectivity index (χ1) is 21.6. The first-order valence-electron chi connectivity index (χ1n) is 15.6. The van der Waals surface area contributed by atoms with Gasteiger partial charge in [0, 0.05) is 24.7 Å². The van der Waals surface area contributed by atoms with Crippen LogP contribution in [0.25, 0.3) is 11.2 Å². The van der Waals surface area contributed by atoms with Gasteiger partial charge in [-0.15, -0.1) is 0 Å². The summed E-state index contributed by atoms with van der Waals surface area (Å²) in [6.45, 7) is 17.6. The number of anilines is 1. The second-order valence-electron chi connectivity index (χ2n) is 13.6. The molecule has 3 amide bonds. The molecule has 246 valence electrons. The lowest BCUT2D eigenvalue weighted by Crippen LogP contribution is -2.47. The molecule has 1 aromatic carbocycles. The minimum Gasteiger partial charge on any atom is -0.444 e. The Morgan fingerprint density at radius 1 is 1.02 bits per heavy atom. The van der Waals surface area contributed by atoms with E-state index in [0.717, 1.165) is 11.1 Å². The van der Waals surface area contributed by atoms with Gasteiger partial charge in [-0.1, -0.05) is 56.3 Å². The molecule has 3 heterocycles. The molecule has 0 bridgehead atoms. The molecule has 1 aliphatic heterocycles. The van der Waals surface area contributed by atoms with Crippen LogP contribution in [0.3, 0.4) is 0 Å². The van der Waals surface area contributed by atoms with E-state index in [1.807, 2.05) is 57.2 Å². The van der Waals surface area contributed by atoms with Crippen molar-refractivity contribution in [3.63, 3.8) is 0 Å². The third-order valence-electron chi connectivity index (χ3n) is 7.10. The predicted octanol–water partition coefficient (Wildman–Crippen LogP) is 7.01. The van der Waals surface area contributed by atoms with Crippen molar-refractivity contribution in [2.24, 2.45) is 0 Å². The zero-order chi connectivity index (χ0) is 33.8. The van der Waals surface area contributed by atoms with Gasteiger partial charge in [-0.2, -0.15) is 9.61 Å². The number of benzene rings is 1. The van der Waals surface area contributed by atoms with Gasteiger partial charge in [-0.25, -0.2) is 19.5 Å². The number of hydrogen-bond donors (Lipinski definition) is 1. The number of nitrogens with zero attached hydrogens (tertiary/aromatic N) is 5. The Morgan fingerprint density at radius 3 is 2.26 bits per heavy atom. The SMILES string of the molecule is CC=CC(=O)NC(c1ccccc1)N(C(=O)OC(C)(C)C)c1cc(C2=CCN(C(=O)OC(C)(C)C)CC2)nc2c(C(C)C)cnn12. The third-order valence-corrected chi connectivity index (χ3v) is 7.10. The summed E-state index contributed by atoms with van der Waals surface area (Å²) in [6, 6.07) is 11.0. The van der Waals surface area contributed by atoms with Gasteiger partial charge in [-0.3, -0.25) is 4.79 Å². The van der Waals surface area contributed by atoms with Crippen molar-refractivity contribution in [1.82, 2.24) is 24.8 Å². The Labute approximate surface area is 271 Å². The van der Waals surface area contributed by atoms with Crippen molar-refractivity contribution in [2.75, 3.05) is 18.0 Å². The molecule has 0 spiro atoms. The number of rotatable bonds is 7. The van der Waals surface area contributed by atoms with E-state index in [1.165, 1.54) is 11.0 Å². The highest BCUT2D eigenvalue weighted by Crippen LogP contribution is 2.34. The number of nitrogens with one attached hydrogen (secondary N) is 1. The van der Waals surface area contributed by atoms with E-state index in [1.54, 1.807) is 55.4 Å². The van der Waals surface area contributed by atoms with E-state index in [-0.39, 0.29) is 17.9 Å². The average Bonchev–Trinajstić information content (AvgIpc) is 3.40. The highest BCUT2D eigenvalue weighted by atomic mass is 16.6. The first-order valence-corrected chi connectivity index (χ1v) is 15.6. The Bertz CT molecular complexity index is 1630. The van der Waals surface area contributed by atoms with Crippen LogP contribution in [0.2, 0.25) is 0 Å². The maximum absolute atomic E-state index is 14.2. The molecule has 3 aromatic rings. The van der Waals surface area contributed by atoms with E-state index >= 15 is 0 Å². The molecule has 11 nitrogen and oxygen atoms in total. The van der Waals surface area contributed by atoms with Gasteiger partial charge in [-0.05, 0) is 78.0 Å². The summed E-state index contributed by atoms with van der Waals surface area (Å²) in [5.74, 6) is 0.0765. The molecule has 11 heteroatoms. The van der Waals surface area contributed by atoms with E-state index in [4.69, 9.17) is 14.5 Å². The van der Waals surface area contributed by atoms with Crippen molar-refractivity contribution in [3.05, 3.63) is 77.6 Å². The maximum atomic E-state index is 14.2. The number of allylic oxidation sites excluding steroid dienone is 1. The fourth-order valence-electron chi connectivity index (χ4n) is 5.01. The zero-order valence-corrected chi connectivity index (χ0v) is 28.3. The molecule has 1 unspecified atom stereocenters. The lowest BCUT2D eigenvalue weighted by Gasteiger charge is -2.34. The second kappa shape index (κ2) is 13.8. The highest BCUT2D eigenvalue weighted by Gasteiger charge is 2.35. The van der Waals surface area contributed by atoms with Gasteiger partial charge in [0.15, 0.2) is 5.65 Å². The van der Waals surface area contributed by atoms with E-state index in [9.17, 15) is 14.4 Å². The number of aromatic nitrogens is 3. The average molecular weight is 631 g/mol. The van der Waals surface area contributed by atoms with Crippen LogP contribution in [-0.4, -0.2) is 61.9 Å². The van der Waals surface area contributed by atoms with Gasteiger partial charge >= 0.3 is 12.2 Å². The number of carbonyl (C=O) groups excluding carboxylic acids is 3. The minimum absolute atomic E-state index is 0.0883. The van der Waals surface area contributed by atoms with Crippen LogP contribution in [0.15, 0.2) is 60.8 Å². The van der Waals surface area contributed by atoms with Crippen LogP contribution < -0.4 is 10.2 Å². The van der Waals surface area contributed by atoms with Crippen molar-refractivity contribution >= 4 is 35.1 Å². The Morgan fingerprint density at radius 2 is 1.70 bits per heavy atom. The van der Waals surface area contributed by atoms with Crippen LogP contribution in [0, 0.1) is 0 Å². The molecule has 0 saturated carbocycles. The molecule has 2 aromatic heterocycles. The van der Waals surface area contributed by atoms with Crippen molar-refractivity contribution < 1.29 is 23.9 Å². The Balaban J connectivity index is 1.91. The first kappa shape index (κ1) is 34.2. The summed E-state index contributed by atoms with van der Waals surface area (Å²) in [6.07, 6.45) is 5.29. The molecular weight excluding hydrogens is 584 g/mol. The lowest BCUT2D eigenvalue weighted by molar-refractivity contribution is -0.117. The smallest absolute Gasteiger partial charge is 0.418 e. The predicted molar refractivity (Wildman–Crippen MR) is 178 cm³/mol. The van der Waals surface area contributed by atoms with Gasteiger partial charge in [0.25, 0.3) is 0 Å². The number of hydrogen-bond acceptors (Lipinski definition) is 7. The third kappa shape index (κ3) is 8.32. The van der Waals surface area contributed by atoms with Crippen molar-refractivity contribution in [1.29, 1.82) is 0 Å². The van der Waals surface area contributed by atoms with Gasteiger partial charge in [0.2, 0.25) is 5.91 Å². The molecule has 46 heavy (non-hydrogen) atoms. The maximum Gasteiger partial charge on any atom is 0.418 e. The lowest BCUT2D eigenvalue weighted by atomic mass is 10.0. The van der Waals surface area contributed by atoms with E-state index in [2.05, 4.69) is 24.3 Å². The topological polar surface area (TPSA) is 118 Å². The van der Waals surface area contributed by atoms with Crippen LogP contribution in [-0.2, 0) is 14.3 Å². The fourth-order valence-corrected chi connectivity index (χ4v) is 5.01. The van der Waals surface area contributed by atoms with Crippen LogP contribution in [0.4, 0.5) is 15.4 Å². The molecule has 1 atom stereocenters. The van der Waals surface area contributed by atoms with Gasteiger partial charge < -0.3 is 19.7 Å². The summed E-state index contributed by atoms with van der Waals surface area (Å²) in [5, 5.41) is 7.67. The summed E-state index contributed by atoms with van der Waals surface area (Å²) in [7, 11) is 0.